The lowest BCUT2D eigenvalue weighted by molar-refractivity contribution is -0.754. The van der Waals surface area contributed by atoms with E-state index in [1.54, 1.807) is 30.5 Å². The fourth-order valence-corrected chi connectivity index (χ4v) is 4.79. The second-order valence-corrected chi connectivity index (χ2v) is 10.5. The topological polar surface area (TPSA) is 167 Å². The van der Waals surface area contributed by atoms with Gasteiger partial charge in [0.05, 0.1) is 29.7 Å². The van der Waals surface area contributed by atoms with E-state index in [0.29, 0.717) is 29.3 Å². The van der Waals surface area contributed by atoms with Crippen molar-refractivity contribution in [1.29, 1.82) is 0 Å². The predicted molar refractivity (Wildman–Crippen MR) is 163 cm³/mol. The summed E-state index contributed by atoms with van der Waals surface area (Å²) in [5.41, 5.74) is 2.45. The highest BCUT2D eigenvalue weighted by atomic mass is 19.4. The highest BCUT2D eigenvalue weighted by Gasteiger charge is 2.31. The van der Waals surface area contributed by atoms with Gasteiger partial charge in [-0.15, -0.1) is 0 Å². The first-order valence-electron chi connectivity index (χ1n) is 14.3. The predicted octanol–water partition coefficient (Wildman–Crippen LogP) is 5.22. The number of fused-ring (bicyclic) bond motifs is 1. The molecule has 3 aromatic heterocycles. The van der Waals surface area contributed by atoms with E-state index in [4.69, 9.17) is 13.8 Å². The van der Waals surface area contributed by atoms with E-state index in [2.05, 4.69) is 36.0 Å². The maximum atomic E-state index is 13.7. The first-order valence-corrected chi connectivity index (χ1v) is 14.3. The molecule has 2 amide bonds. The number of hydrogen-bond donors (Lipinski definition) is 2. The third-order valence-corrected chi connectivity index (χ3v) is 7.02. The van der Waals surface area contributed by atoms with Gasteiger partial charge in [-0.25, -0.2) is 9.78 Å². The molecular weight excluding hydrogens is 633 g/mol. The number of ether oxygens (including phenoxy) is 1. The van der Waals surface area contributed by atoms with E-state index >= 15 is 0 Å². The molecular formula is C32H25F3N8O5. The minimum atomic E-state index is -4.78. The number of amides is 2. The Morgan fingerprint density at radius 1 is 1.06 bits per heavy atom. The van der Waals surface area contributed by atoms with Gasteiger partial charge in [0.25, 0.3) is 6.20 Å². The summed E-state index contributed by atoms with van der Waals surface area (Å²) in [5.74, 6) is -0.823. The van der Waals surface area contributed by atoms with Gasteiger partial charge in [0, 0.05) is 34.8 Å². The Hall–Kier alpha value is -6.32. The molecule has 2 N–H and O–H groups in total. The van der Waals surface area contributed by atoms with Crippen LogP contribution >= 0.6 is 0 Å². The fraction of sp³-hybridized carbons (Fsp3) is 0.156. The Morgan fingerprint density at radius 3 is 2.60 bits per heavy atom. The van der Waals surface area contributed by atoms with Crippen LogP contribution in [0, 0.1) is 6.92 Å². The average molecular weight is 659 g/mol. The van der Waals surface area contributed by atoms with Crippen molar-refractivity contribution in [3.63, 3.8) is 0 Å². The average Bonchev–Trinajstić information content (AvgIpc) is 3.67. The van der Waals surface area contributed by atoms with Crippen molar-refractivity contribution >= 4 is 40.2 Å². The lowest BCUT2D eigenvalue weighted by Crippen LogP contribution is -2.35. The molecule has 13 nitrogen and oxygen atoms in total. The highest BCUT2D eigenvalue weighted by molar-refractivity contribution is 5.99. The Balaban J connectivity index is 1.11. The summed E-state index contributed by atoms with van der Waals surface area (Å²) in [7, 11) is 1.50. The van der Waals surface area contributed by atoms with Gasteiger partial charge in [0.15, 0.2) is 5.58 Å². The van der Waals surface area contributed by atoms with E-state index in [0.717, 1.165) is 34.5 Å². The van der Waals surface area contributed by atoms with Crippen molar-refractivity contribution in [1.82, 2.24) is 20.4 Å². The number of rotatable bonds is 9. The van der Waals surface area contributed by atoms with Gasteiger partial charge in [0.2, 0.25) is 11.8 Å². The summed E-state index contributed by atoms with van der Waals surface area (Å²) < 4.78 is 57.8. The number of nitrogens with one attached hydrogen (secondary N) is 2. The van der Waals surface area contributed by atoms with Gasteiger partial charge >= 0.3 is 24.1 Å². The van der Waals surface area contributed by atoms with Crippen molar-refractivity contribution in [3.05, 3.63) is 102 Å². The molecule has 0 aliphatic carbocycles. The zero-order chi connectivity index (χ0) is 33.8. The zero-order valence-corrected chi connectivity index (χ0v) is 25.3. The van der Waals surface area contributed by atoms with Crippen molar-refractivity contribution in [3.8, 4) is 17.1 Å². The highest BCUT2D eigenvalue weighted by Crippen LogP contribution is 2.34. The summed E-state index contributed by atoms with van der Waals surface area (Å²) in [4.78, 5) is 24.9. The van der Waals surface area contributed by atoms with Gasteiger partial charge in [-0.3, -0.25) is 14.8 Å². The largest absolute Gasteiger partial charge is 0.861 e. The number of hydrogen-bond acceptors (Lipinski definition) is 10. The molecule has 6 aromatic rings. The van der Waals surface area contributed by atoms with Crippen molar-refractivity contribution in [2.75, 3.05) is 17.7 Å². The van der Waals surface area contributed by atoms with E-state index < -0.39 is 23.7 Å². The second-order valence-electron chi connectivity index (χ2n) is 10.5. The summed E-state index contributed by atoms with van der Waals surface area (Å²) in [6, 6.07) is 16.3. The quantitative estimate of drug-likeness (QED) is 0.120. The molecule has 0 spiro atoms. The summed E-state index contributed by atoms with van der Waals surface area (Å²) in [5, 5.41) is 25.7. The van der Waals surface area contributed by atoms with Crippen LogP contribution in [0.2, 0.25) is 0 Å². The molecule has 48 heavy (non-hydrogen) atoms. The number of aryl methyl sites for hydroxylation is 1. The Morgan fingerprint density at radius 2 is 1.85 bits per heavy atom. The number of benzene rings is 3. The van der Waals surface area contributed by atoms with Crippen molar-refractivity contribution < 1.29 is 41.5 Å². The molecule has 0 aliphatic heterocycles. The van der Waals surface area contributed by atoms with Crippen LogP contribution in [-0.4, -0.2) is 39.4 Å². The van der Waals surface area contributed by atoms with Crippen LogP contribution in [0.15, 0.2) is 93.2 Å². The first-order chi connectivity index (χ1) is 23.0. The lowest BCUT2D eigenvalue weighted by Gasteiger charge is -2.13. The van der Waals surface area contributed by atoms with E-state index in [1.165, 1.54) is 18.0 Å². The first kappa shape index (κ1) is 31.7. The second kappa shape index (κ2) is 13.2. The molecule has 0 radical (unpaired) electrons. The molecule has 0 saturated carbocycles. The number of urea groups is 1. The van der Waals surface area contributed by atoms with Crippen LogP contribution in [0.5, 0.6) is 6.01 Å². The molecule has 3 aromatic carbocycles. The van der Waals surface area contributed by atoms with Gasteiger partial charge in [0.1, 0.15) is 0 Å². The Bertz CT molecular complexity index is 2130. The normalized spacial score (nSPS) is 11.9. The summed E-state index contributed by atoms with van der Waals surface area (Å²) in [6.07, 6.45) is -1.99. The standard InChI is InChI=1S/C32H25F3N8O5/c1-18-25(15-36-31(37-18)46-2)20-9-7-19(8-10-20)16-43-17-29(48-42-43)40-30(45)39-23-12-21(32(33,34)35)11-22(13-23)38-28(44)14-26-24-5-3-4-6-27(24)47-41-26/h3-13,15,17H,14,16H2,1-2H3,(H2-,38,39,40,42,44,45). The van der Waals surface area contributed by atoms with Crippen LogP contribution in [0.4, 0.5) is 35.2 Å². The molecule has 16 heteroatoms. The molecule has 244 valence electrons. The van der Waals surface area contributed by atoms with Crippen LogP contribution in [0.1, 0.15) is 22.5 Å². The fourth-order valence-electron chi connectivity index (χ4n) is 4.79. The molecule has 0 atom stereocenters. The molecule has 0 aliphatic rings. The van der Waals surface area contributed by atoms with E-state index in [9.17, 15) is 23.1 Å². The number of halogens is 3. The molecule has 0 fully saturated rings. The minimum Gasteiger partial charge on any atom is -0.861 e. The Kier molecular flexibility index (Phi) is 8.70. The van der Waals surface area contributed by atoms with Gasteiger partial charge in [-0.05, 0) is 53.4 Å². The Labute approximate surface area is 269 Å². The molecule has 0 saturated heterocycles. The third kappa shape index (κ3) is 7.38. The van der Waals surface area contributed by atoms with E-state index in [1.807, 2.05) is 31.2 Å². The monoisotopic (exact) mass is 658 g/mol. The zero-order valence-electron chi connectivity index (χ0n) is 25.3. The summed E-state index contributed by atoms with van der Waals surface area (Å²) >= 11 is 0. The molecule has 0 bridgehead atoms. The van der Waals surface area contributed by atoms with Crippen molar-refractivity contribution in [2.45, 2.75) is 26.1 Å². The van der Waals surface area contributed by atoms with Crippen LogP contribution in [0.3, 0.4) is 0 Å². The van der Waals surface area contributed by atoms with Gasteiger partial charge in [-0.2, -0.15) is 18.2 Å². The number of nitrogens with zero attached hydrogens (tertiary/aromatic N) is 6. The third-order valence-electron chi connectivity index (χ3n) is 7.02. The summed E-state index contributed by atoms with van der Waals surface area (Å²) in [6.45, 7) is 2.15. The minimum absolute atomic E-state index is 0.0676. The van der Waals surface area contributed by atoms with Gasteiger partial charge < -0.3 is 19.7 Å². The van der Waals surface area contributed by atoms with Crippen molar-refractivity contribution in [2.24, 2.45) is 4.99 Å². The van der Waals surface area contributed by atoms with Gasteiger partial charge in [-0.1, -0.05) is 41.6 Å². The number of carbonyl (C=O) groups is 1. The van der Waals surface area contributed by atoms with Crippen LogP contribution in [0.25, 0.3) is 22.1 Å². The lowest BCUT2D eigenvalue weighted by atomic mass is 10.0. The maximum absolute atomic E-state index is 13.7. The molecule has 0 unspecified atom stereocenters. The number of aromatic nitrogens is 5. The smallest absolute Gasteiger partial charge is 0.416 e. The molecule has 3 heterocycles. The number of carbonyl (C=O) groups excluding carboxylic acids is 1. The van der Waals surface area contributed by atoms with Crippen LogP contribution < -0.4 is 25.2 Å². The number of alkyl halides is 3. The number of aliphatic imine (C=N–C) groups is 1. The number of anilines is 2. The molecule has 6 rings (SSSR count). The number of methoxy groups -OCH3 is 1. The maximum Gasteiger partial charge on any atom is 0.416 e. The SMILES string of the molecule is COc1ncc(-c2ccc(C[n+]3cc(NC(=O)Nc4cc(N=C([O-])Cc5noc6ccccc56)cc(C(F)(F)F)c4)on3)cc2)c(C)n1. The number of para-hydroxylation sites is 1. The van der Waals surface area contributed by atoms with Crippen LogP contribution in [-0.2, 0) is 19.1 Å². The van der Waals surface area contributed by atoms with E-state index in [-0.39, 0.29) is 29.7 Å².